The van der Waals surface area contributed by atoms with Gasteiger partial charge in [-0.05, 0) is 40.0 Å². The van der Waals surface area contributed by atoms with Crippen molar-refractivity contribution in [3.05, 3.63) is 22.3 Å². The molecule has 6 heteroatoms. The second kappa shape index (κ2) is 4.89. The lowest BCUT2D eigenvalue weighted by molar-refractivity contribution is 0.353. The van der Waals surface area contributed by atoms with Crippen LogP contribution in [0.25, 0.3) is 11.1 Å². The Kier molecular flexibility index (Phi) is 3.47. The molecule has 1 aromatic heterocycles. The Labute approximate surface area is 113 Å². The molecular weight excluding hydrogens is 300 g/mol. The predicted octanol–water partition coefficient (Wildman–Crippen LogP) is 3.01. The first-order valence-electron chi connectivity index (χ1n) is 5.21. The van der Waals surface area contributed by atoms with Gasteiger partial charge in [0.05, 0.1) is 30.5 Å². The van der Waals surface area contributed by atoms with Crippen molar-refractivity contribution in [3.63, 3.8) is 0 Å². The highest BCUT2D eigenvalue weighted by Crippen LogP contribution is 2.43. The van der Waals surface area contributed by atoms with E-state index in [1.54, 1.807) is 20.4 Å². The summed E-state index contributed by atoms with van der Waals surface area (Å²) in [5.74, 6) is 1.54. The van der Waals surface area contributed by atoms with Gasteiger partial charge >= 0.3 is 0 Å². The van der Waals surface area contributed by atoms with Crippen LogP contribution in [0.2, 0.25) is 0 Å². The lowest BCUT2D eigenvalue weighted by atomic mass is 10.0. The number of nitrogen functional groups attached to an aromatic ring is 1. The van der Waals surface area contributed by atoms with E-state index in [0.29, 0.717) is 11.5 Å². The van der Waals surface area contributed by atoms with E-state index in [2.05, 4.69) is 21.1 Å². The number of hydrogen-bond acceptors (Lipinski definition) is 5. The molecule has 2 rings (SSSR count). The lowest BCUT2D eigenvalue weighted by Crippen LogP contribution is -1.96. The van der Waals surface area contributed by atoms with Crippen LogP contribution < -0.4 is 15.2 Å². The fourth-order valence-corrected chi connectivity index (χ4v) is 2.34. The number of nitrogens with zero attached hydrogens (tertiary/aromatic N) is 1. The Morgan fingerprint density at radius 3 is 2.50 bits per heavy atom. The number of ether oxygens (including phenoxy) is 2. The summed E-state index contributed by atoms with van der Waals surface area (Å²) >= 11 is 3.50. The number of nitrogens with two attached hydrogens (primary N) is 1. The Morgan fingerprint density at radius 1 is 1.28 bits per heavy atom. The van der Waals surface area contributed by atoms with Gasteiger partial charge in [-0.25, -0.2) is 0 Å². The summed E-state index contributed by atoms with van der Waals surface area (Å²) in [5, 5.41) is 3.68. The first-order valence-corrected chi connectivity index (χ1v) is 6.01. The van der Waals surface area contributed by atoms with E-state index >= 15 is 0 Å². The minimum atomic E-state index is 0.275. The van der Waals surface area contributed by atoms with Crippen molar-refractivity contribution in [1.82, 2.24) is 5.16 Å². The van der Waals surface area contributed by atoms with Crippen LogP contribution in [0, 0.1) is 6.92 Å². The molecule has 0 unspecified atom stereocenters. The Bertz CT molecular complexity index is 581. The number of halogens is 1. The Morgan fingerprint density at radius 2 is 2.00 bits per heavy atom. The van der Waals surface area contributed by atoms with Crippen LogP contribution in [-0.4, -0.2) is 19.4 Å². The predicted molar refractivity (Wildman–Crippen MR) is 71.9 cm³/mol. The molecule has 96 valence electrons. The van der Waals surface area contributed by atoms with Gasteiger partial charge in [-0.2, -0.15) is 0 Å². The molecule has 0 aliphatic heterocycles. The fourth-order valence-electron chi connectivity index (χ4n) is 1.77. The molecule has 0 aliphatic carbocycles. The Hall–Kier alpha value is -1.69. The average Bonchev–Trinajstić information content (AvgIpc) is 2.78. The first-order chi connectivity index (χ1) is 8.60. The maximum atomic E-state index is 5.74. The van der Waals surface area contributed by atoms with Gasteiger partial charge in [0.2, 0.25) is 5.88 Å². The van der Waals surface area contributed by atoms with Crippen LogP contribution in [-0.2, 0) is 0 Å². The van der Waals surface area contributed by atoms with E-state index in [1.807, 2.05) is 13.0 Å². The van der Waals surface area contributed by atoms with Gasteiger partial charge in [-0.1, -0.05) is 5.16 Å². The first kappa shape index (κ1) is 12.8. The highest BCUT2D eigenvalue weighted by molar-refractivity contribution is 9.10. The van der Waals surface area contributed by atoms with Crippen molar-refractivity contribution in [2.45, 2.75) is 6.92 Å². The van der Waals surface area contributed by atoms with Crippen LogP contribution in [0.1, 0.15) is 5.56 Å². The monoisotopic (exact) mass is 312 g/mol. The number of hydrogen-bond donors (Lipinski definition) is 1. The van der Waals surface area contributed by atoms with Gasteiger partial charge in [0.15, 0.2) is 11.5 Å². The third kappa shape index (κ3) is 1.92. The molecule has 0 radical (unpaired) electrons. The van der Waals surface area contributed by atoms with Crippen LogP contribution in [0.3, 0.4) is 0 Å². The van der Waals surface area contributed by atoms with Crippen LogP contribution in [0.5, 0.6) is 11.5 Å². The summed E-state index contributed by atoms with van der Waals surface area (Å²) in [5.41, 5.74) is 8.33. The molecule has 0 aliphatic rings. The summed E-state index contributed by atoms with van der Waals surface area (Å²) < 4.78 is 16.3. The van der Waals surface area contributed by atoms with Gasteiger partial charge < -0.3 is 19.7 Å². The van der Waals surface area contributed by atoms with Gasteiger partial charge in [-0.15, -0.1) is 0 Å². The summed E-state index contributed by atoms with van der Waals surface area (Å²) in [6.45, 7) is 1.95. The molecule has 0 saturated heterocycles. The van der Waals surface area contributed by atoms with Gasteiger partial charge in [0, 0.05) is 0 Å². The smallest absolute Gasteiger partial charge is 0.229 e. The highest BCUT2D eigenvalue weighted by atomic mass is 79.9. The number of benzene rings is 1. The largest absolute Gasteiger partial charge is 0.493 e. The molecule has 0 fully saturated rings. The van der Waals surface area contributed by atoms with Gasteiger partial charge in [-0.3, -0.25) is 0 Å². The maximum absolute atomic E-state index is 5.74. The minimum Gasteiger partial charge on any atom is -0.493 e. The summed E-state index contributed by atoms with van der Waals surface area (Å²) in [6, 6.07) is 1.85. The standard InChI is InChI=1S/C12H13BrN2O3/c1-6-7(8-5-15-18-12(8)14)4-9(16-2)11(17-3)10(6)13/h4-5H,14H2,1-3H3. The third-order valence-electron chi connectivity index (χ3n) is 2.74. The van der Waals surface area contributed by atoms with Crippen LogP contribution in [0.4, 0.5) is 5.88 Å². The van der Waals surface area contributed by atoms with Crippen LogP contribution >= 0.6 is 15.9 Å². The summed E-state index contributed by atoms with van der Waals surface area (Å²) in [7, 11) is 3.18. The maximum Gasteiger partial charge on any atom is 0.229 e. The fraction of sp³-hybridized carbons (Fsp3) is 0.250. The minimum absolute atomic E-state index is 0.275. The van der Waals surface area contributed by atoms with Crippen molar-refractivity contribution >= 4 is 21.8 Å². The molecule has 0 bridgehead atoms. The summed E-state index contributed by atoms with van der Waals surface area (Å²) in [4.78, 5) is 0. The van der Waals surface area contributed by atoms with Crippen molar-refractivity contribution in [3.8, 4) is 22.6 Å². The molecule has 2 N–H and O–H groups in total. The number of anilines is 1. The molecular formula is C12H13BrN2O3. The van der Waals surface area contributed by atoms with Crippen molar-refractivity contribution in [2.75, 3.05) is 20.0 Å². The third-order valence-corrected chi connectivity index (χ3v) is 3.70. The molecule has 0 saturated carbocycles. The lowest BCUT2D eigenvalue weighted by Gasteiger charge is -2.14. The van der Waals surface area contributed by atoms with E-state index < -0.39 is 0 Å². The zero-order chi connectivity index (χ0) is 13.3. The molecule has 1 aromatic carbocycles. The molecule has 5 nitrogen and oxygen atoms in total. The van der Waals surface area contributed by atoms with Crippen molar-refractivity contribution < 1.29 is 14.0 Å². The van der Waals surface area contributed by atoms with Crippen LogP contribution in [0.15, 0.2) is 21.3 Å². The van der Waals surface area contributed by atoms with E-state index in [9.17, 15) is 0 Å². The number of methoxy groups -OCH3 is 2. The molecule has 0 atom stereocenters. The second-order valence-corrected chi connectivity index (χ2v) is 4.50. The van der Waals surface area contributed by atoms with Crippen molar-refractivity contribution in [2.24, 2.45) is 0 Å². The molecule has 0 spiro atoms. The normalized spacial score (nSPS) is 10.4. The van der Waals surface area contributed by atoms with E-state index in [0.717, 1.165) is 21.2 Å². The van der Waals surface area contributed by atoms with E-state index in [-0.39, 0.29) is 5.88 Å². The zero-order valence-corrected chi connectivity index (χ0v) is 11.9. The molecule has 2 aromatic rings. The van der Waals surface area contributed by atoms with E-state index in [1.165, 1.54) is 0 Å². The molecule has 18 heavy (non-hydrogen) atoms. The highest BCUT2D eigenvalue weighted by Gasteiger charge is 2.18. The SMILES string of the molecule is COc1cc(-c2cnoc2N)c(C)c(Br)c1OC. The quantitative estimate of drug-likeness (QED) is 0.943. The second-order valence-electron chi connectivity index (χ2n) is 3.70. The zero-order valence-electron chi connectivity index (χ0n) is 10.3. The Balaban J connectivity index is 2.70. The summed E-state index contributed by atoms with van der Waals surface area (Å²) in [6.07, 6.45) is 1.58. The number of aromatic nitrogens is 1. The van der Waals surface area contributed by atoms with E-state index in [4.69, 9.17) is 19.7 Å². The van der Waals surface area contributed by atoms with Gasteiger partial charge in [0.25, 0.3) is 0 Å². The van der Waals surface area contributed by atoms with Crippen molar-refractivity contribution in [1.29, 1.82) is 0 Å². The topological polar surface area (TPSA) is 70.5 Å². The molecule has 0 amide bonds. The number of rotatable bonds is 3. The molecule has 1 heterocycles. The average molecular weight is 313 g/mol. The van der Waals surface area contributed by atoms with Gasteiger partial charge in [0.1, 0.15) is 0 Å².